The lowest BCUT2D eigenvalue weighted by atomic mass is 9.96. The van der Waals surface area contributed by atoms with E-state index in [4.69, 9.17) is 5.73 Å². The van der Waals surface area contributed by atoms with Gasteiger partial charge in [0.05, 0.1) is 6.54 Å². The van der Waals surface area contributed by atoms with Gasteiger partial charge in [0.2, 0.25) is 0 Å². The average molecular weight is 315 g/mol. The molecule has 0 aliphatic carbocycles. The normalized spacial score (nSPS) is 17.3. The largest absolute Gasteiger partial charge is 0.370 e. The maximum atomic E-state index is 6.32. The molecule has 0 spiro atoms. The first-order valence-electron chi connectivity index (χ1n) is 8.37. The van der Waals surface area contributed by atoms with Crippen LogP contribution in [0.25, 0.3) is 10.8 Å². The summed E-state index contributed by atoms with van der Waals surface area (Å²) in [6.45, 7) is 3.75. The summed E-state index contributed by atoms with van der Waals surface area (Å²) >= 11 is 0. The molecule has 120 valence electrons. The molecule has 3 aromatic rings. The van der Waals surface area contributed by atoms with Crippen LogP contribution in [-0.4, -0.2) is 12.5 Å². The Morgan fingerprint density at radius 2 is 1.79 bits per heavy atom. The molecule has 1 heterocycles. The summed E-state index contributed by atoms with van der Waals surface area (Å²) < 4.78 is 0. The second kappa shape index (κ2) is 6.00. The second-order valence-electron chi connectivity index (χ2n) is 6.39. The number of nitrogens with two attached hydrogens (primary N) is 1. The molecule has 2 N–H and O–H groups in total. The molecular formula is C21H21N3. The number of benzene rings is 3. The number of nitrogens with zero attached hydrogens (tertiary/aromatic N) is 2. The Bertz CT molecular complexity index is 899. The third-order valence-corrected chi connectivity index (χ3v) is 4.73. The zero-order chi connectivity index (χ0) is 16.5. The summed E-state index contributed by atoms with van der Waals surface area (Å²) in [4.78, 5) is 6.76. The molecule has 1 atom stereocenters. The van der Waals surface area contributed by atoms with Gasteiger partial charge in [-0.05, 0) is 28.0 Å². The molecule has 3 heteroatoms. The highest BCUT2D eigenvalue weighted by atomic mass is 15.3. The lowest BCUT2D eigenvalue weighted by molar-refractivity contribution is 0.821. The van der Waals surface area contributed by atoms with Crippen LogP contribution in [0.5, 0.6) is 0 Å². The summed E-state index contributed by atoms with van der Waals surface area (Å²) in [7, 11) is 0. The Kier molecular flexibility index (Phi) is 3.69. The SMILES string of the molecule is CC1CN(C(N)=NCc2ccccc2)c2ccc3ccccc3c21. The minimum Gasteiger partial charge on any atom is -0.370 e. The highest BCUT2D eigenvalue weighted by molar-refractivity contribution is 6.02. The van der Waals surface area contributed by atoms with E-state index in [9.17, 15) is 0 Å². The maximum absolute atomic E-state index is 6.32. The van der Waals surface area contributed by atoms with Crippen LogP contribution in [0.1, 0.15) is 24.0 Å². The van der Waals surface area contributed by atoms with Crippen LogP contribution in [0.3, 0.4) is 0 Å². The zero-order valence-electron chi connectivity index (χ0n) is 13.8. The number of rotatable bonds is 2. The Labute approximate surface area is 142 Å². The fraction of sp³-hybridized carbons (Fsp3) is 0.190. The van der Waals surface area contributed by atoms with Gasteiger partial charge in [0, 0.05) is 18.2 Å². The van der Waals surface area contributed by atoms with Crippen molar-refractivity contribution in [1.82, 2.24) is 0 Å². The monoisotopic (exact) mass is 315 g/mol. The van der Waals surface area contributed by atoms with Crippen LogP contribution in [0, 0.1) is 0 Å². The van der Waals surface area contributed by atoms with Crippen molar-refractivity contribution in [2.45, 2.75) is 19.4 Å². The highest BCUT2D eigenvalue weighted by Gasteiger charge is 2.29. The summed E-state index contributed by atoms with van der Waals surface area (Å²) in [5.41, 5.74) is 10.1. The number of fused-ring (bicyclic) bond motifs is 3. The van der Waals surface area contributed by atoms with Gasteiger partial charge < -0.3 is 10.6 Å². The molecule has 0 amide bonds. The van der Waals surface area contributed by atoms with Crippen LogP contribution >= 0.6 is 0 Å². The fourth-order valence-electron chi connectivity index (χ4n) is 3.56. The Hall–Kier alpha value is -2.81. The summed E-state index contributed by atoms with van der Waals surface area (Å²) in [5.74, 6) is 1.04. The van der Waals surface area contributed by atoms with Crippen molar-refractivity contribution in [2.75, 3.05) is 11.4 Å². The van der Waals surface area contributed by atoms with E-state index >= 15 is 0 Å². The predicted molar refractivity (Wildman–Crippen MR) is 101 cm³/mol. The molecule has 0 bridgehead atoms. The number of anilines is 1. The van der Waals surface area contributed by atoms with Gasteiger partial charge in [-0.2, -0.15) is 0 Å². The van der Waals surface area contributed by atoms with Gasteiger partial charge in [0.25, 0.3) is 0 Å². The molecule has 0 saturated heterocycles. The zero-order valence-corrected chi connectivity index (χ0v) is 13.8. The molecule has 4 rings (SSSR count). The van der Waals surface area contributed by atoms with Crippen LogP contribution < -0.4 is 10.6 Å². The minimum absolute atomic E-state index is 0.441. The first kappa shape index (κ1) is 14.8. The summed E-state index contributed by atoms with van der Waals surface area (Å²) in [5, 5.41) is 2.60. The lowest BCUT2D eigenvalue weighted by Gasteiger charge is -2.18. The number of hydrogen-bond acceptors (Lipinski definition) is 1. The van der Waals surface area contributed by atoms with Crippen molar-refractivity contribution in [3.05, 3.63) is 77.9 Å². The standard InChI is InChI=1S/C21H21N3/c1-15-14-24(21(22)23-13-16-7-3-2-4-8-16)19-12-11-17-9-5-6-10-18(17)20(15)19/h2-12,15H,13-14H2,1H3,(H2,22,23). The quantitative estimate of drug-likeness (QED) is 0.566. The molecule has 1 aliphatic rings. The molecule has 0 saturated carbocycles. The summed E-state index contributed by atoms with van der Waals surface area (Å²) in [6, 6.07) is 23.1. The predicted octanol–water partition coefficient (Wildman–Crippen LogP) is 4.28. The molecule has 3 nitrogen and oxygen atoms in total. The van der Waals surface area contributed by atoms with Gasteiger partial charge in [-0.15, -0.1) is 0 Å². The molecular weight excluding hydrogens is 294 g/mol. The Balaban J connectivity index is 1.68. The van der Waals surface area contributed by atoms with Gasteiger partial charge in [0.15, 0.2) is 5.96 Å². The van der Waals surface area contributed by atoms with Crippen molar-refractivity contribution in [2.24, 2.45) is 10.7 Å². The maximum Gasteiger partial charge on any atom is 0.196 e. The van der Waals surface area contributed by atoms with E-state index in [1.165, 1.54) is 27.6 Å². The third kappa shape index (κ3) is 2.52. The van der Waals surface area contributed by atoms with Crippen molar-refractivity contribution in [1.29, 1.82) is 0 Å². The molecule has 1 aliphatic heterocycles. The van der Waals surface area contributed by atoms with Crippen molar-refractivity contribution in [3.8, 4) is 0 Å². The van der Waals surface area contributed by atoms with Crippen LogP contribution in [-0.2, 0) is 6.54 Å². The molecule has 1 unspecified atom stereocenters. The van der Waals surface area contributed by atoms with Crippen molar-refractivity contribution >= 4 is 22.4 Å². The van der Waals surface area contributed by atoms with E-state index in [0.717, 1.165) is 6.54 Å². The van der Waals surface area contributed by atoms with E-state index in [1.807, 2.05) is 18.2 Å². The second-order valence-corrected chi connectivity index (χ2v) is 6.39. The molecule has 3 aromatic carbocycles. The summed E-state index contributed by atoms with van der Waals surface area (Å²) in [6.07, 6.45) is 0. The van der Waals surface area contributed by atoms with Crippen LogP contribution in [0.2, 0.25) is 0 Å². The third-order valence-electron chi connectivity index (χ3n) is 4.73. The smallest absolute Gasteiger partial charge is 0.196 e. The Morgan fingerprint density at radius 1 is 1.04 bits per heavy atom. The van der Waals surface area contributed by atoms with E-state index in [0.29, 0.717) is 18.4 Å². The van der Waals surface area contributed by atoms with E-state index in [-0.39, 0.29) is 0 Å². The number of hydrogen-bond donors (Lipinski definition) is 1. The van der Waals surface area contributed by atoms with Gasteiger partial charge in [-0.3, -0.25) is 0 Å². The highest BCUT2D eigenvalue weighted by Crippen LogP contribution is 2.40. The molecule has 0 aromatic heterocycles. The topological polar surface area (TPSA) is 41.6 Å². The van der Waals surface area contributed by atoms with E-state index < -0.39 is 0 Å². The van der Waals surface area contributed by atoms with Crippen LogP contribution in [0.4, 0.5) is 5.69 Å². The number of aliphatic imine (C=N–C) groups is 1. The van der Waals surface area contributed by atoms with Crippen LogP contribution in [0.15, 0.2) is 71.7 Å². The fourth-order valence-corrected chi connectivity index (χ4v) is 3.56. The van der Waals surface area contributed by atoms with Crippen molar-refractivity contribution < 1.29 is 0 Å². The Morgan fingerprint density at radius 3 is 2.62 bits per heavy atom. The average Bonchev–Trinajstić information content (AvgIpc) is 2.98. The van der Waals surface area contributed by atoms with Crippen molar-refractivity contribution in [3.63, 3.8) is 0 Å². The first-order valence-corrected chi connectivity index (χ1v) is 8.37. The molecule has 24 heavy (non-hydrogen) atoms. The van der Waals surface area contributed by atoms with Gasteiger partial charge in [0.1, 0.15) is 0 Å². The van der Waals surface area contributed by atoms with E-state index in [2.05, 4.69) is 65.3 Å². The lowest BCUT2D eigenvalue weighted by Crippen LogP contribution is -2.36. The van der Waals surface area contributed by atoms with Gasteiger partial charge in [-0.1, -0.05) is 67.6 Å². The van der Waals surface area contributed by atoms with Gasteiger partial charge in [-0.25, -0.2) is 4.99 Å². The van der Waals surface area contributed by atoms with Gasteiger partial charge >= 0.3 is 0 Å². The van der Waals surface area contributed by atoms with E-state index in [1.54, 1.807) is 0 Å². The molecule has 0 fully saturated rings. The minimum atomic E-state index is 0.441. The number of guanidine groups is 1. The first-order chi connectivity index (χ1) is 11.7. The molecule has 0 radical (unpaired) electrons.